The minimum absolute atomic E-state index is 0.0774. The van der Waals surface area contributed by atoms with Gasteiger partial charge in [-0.2, -0.15) is 0 Å². The van der Waals surface area contributed by atoms with Crippen LogP contribution in [0.15, 0.2) is 72.8 Å². The van der Waals surface area contributed by atoms with Crippen molar-refractivity contribution in [2.75, 3.05) is 6.61 Å². The van der Waals surface area contributed by atoms with Crippen LogP contribution < -0.4 is 0 Å². The second-order valence-corrected chi connectivity index (χ2v) is 9.68. The number of hydrogen-bond donors (Lipinski definition) is 0. The third-order valence-corrected chi connectivity index (χ3v) is 6.84. The molecule has 4 rings (SSSR count). The predicted molar refractivity (Wildman–Crippen MR) is 146 cm³/mol. The molecule has 43 heavy (non-hydrogen) atoms. The number of alkyl halides is 1. The Labute approximate surface area is 248 Å². The van der Waals surface area contributed by atoms with E-state index in [1.54, 1.807) is 0 Å². The van der Waals surface area contributed by atoms with Gasteiger partial charge < -0.3 is 18.9 Å². The maximum atomic E-state index is 13.0. The van der Waals surface area contributed by atoms with Gasteiger partial charge in [0.25, 0.3) is 17.1 Å². The molecular formula is C26H18BrN3O13. The normalized spacial score (nSPS) is 19.5. The SMILES string of the molecule is O=C(OC1COC(Br)C(OC(=O)c2ccc([N+](=O)[O-])cc2)C1OC(=O)c1ccc([N+](=O)[O-])cc1)c1ccc([N+](=O)[O-])cc1. The minimum Gasteiger partial charge on any atom is -0.452 e. The van der Waals surface area contributed by atoms with Gasteiger partial charge in [-0.1, -0.05) is 15.9 Å². The summed E-state index contributed by atoms with van der Waals surface area (Å²) in [4.78, 5) is 69.8. The fraction of sp³-hybridized carbons (Fsp3) is 0.192. The number of carbonyl (C=O) groups is 3. The predicted octanol–water partition coefficient (Wildman–Crippen LogP) is 4.14. The highest BCUT2D eigenvalue weighted by atomic mass is 79.9. The molecule has 1 aliphatic rings. The Kier molecular flexibility index (Phi) is 9.36. The van der Waals surface area contributed by atoms with E-state index in [9.17, 15) is 44.7 Å². The third kappa shape index (κ3) is 7.32. The summed E-state index contributed by atoms with van der Waals surface area (Å²) in [5.41, 5.74) is -1.10. The van der Waals surface area contributed by atoms with Gasteiger partial charge >= 0.3 is 17.9 Å². The Hall–Kier alpha value is -5.29. The summed E-state index contributed by atoms with van der Waals surface area (Å²) < 4.78 is 22.2. The molecule has 0 spiro atoms. The van der Waals surface area contributed by atoms with E-state index in [4.69, 9.17) is 18.9 Å². The first-order chi connectivity index (χ1) is 20.4. The van der Waals surface area contributed by atoms with Crippen molar-refractivity contribution in [1.82, 2.24) is 0 Å². The second kappa shape index (κ2) is 13.1. The molecule has 0 bridgehead atoms. The van der Waals surface area contributed by atoms with E-state index in [0.29, 0.717) is 0 Å². The molecule has 3 aromatic carbocycles. The molecule has 17 heteroatoms. The average molecular weight is 660 g/mol. The van der Waals surface area contributed by atoms with Gasteiger partial charge in [0.05, 0.1) is 38.1 Å². The molecule has 0 amide bonds. The number of rotatable bonds is 9. The fourth-order valence-electron chi connectivity index (χ4n) is 3.85. The van der Waals surface area contributed by atoms with E-state index in [1.807, 2.05) is 0 Å². The van der Waals surface area contributed by atoms with Crippen molar-refractivity contribution in [2.24, 2.45) is 0 Å². The second-order valence-electron chi connectivity index (χ2n) is 8.78. The molecule has 222 valence electrons. The monoisotopic (exact) mass is 659 g/mol. The van der Waals surface area contributed by atoms with Crippen molar-refractivity contribution in [3.05, 3.63) is 120 Å². The summed E-state index contributed by atoms with van der Waals surface area (Å²) in [6.07, 6.45) is -4.30. The summed E-state index contributed by atoms with van der Waals surface area (Å²) in [7, 11) is 0. The van der Waals surface area contributed by atoms with Crippen LogP contribution >= 0.6 is 15.9 Å². The zero-order valence-corrected chi connectivity index (χ0v) is 23.1. The highest BCUT2D eigenvalue weighted by Crippen LogP contribution is 2.30. The van der Waals surface area contributed by atoms with Crippen molar-refractivity contribution in [2.45, 2.75) is 23.3 Å². The zero-order valence-electron chi connectivity index (χ0n) is 21.5. The van der Waals surface area contributed by atoms with E-state index >= 15 is 0 Å². The van der Waals surface area contributed by atoms with Gasteiger partial charge in [-0.05, 0) is 36.4 Å². The largest absolute Gasteiger partial charge is 0.452 e. The van der Waals surface area contributed by atoms with Crippen LogP contribution in [0.4, 0.5) is 17.1 Å². The summed E-state index contributed by atoms with van der Waals surface area (Å²) >= 11 is 3.20. The van der Waals surface area contributed by atoms with Crippen LogP contribution in [0, 0.1) is 30.3 Å². The van der Waals surface area contributed by atoms with Gasteiger partial charge in [0.2, 0.25) is 0 Å². The maximum Gasteiger partial charge on any atom is 0.338 e. The lowest BCUT2D eigenvalue weighted by molar-refractivity contribution is -0.385. The van der Waals surface area contributed by atoms with Gasteiger partial charge in [-0.15, -0.1) is 0 Å². The average Bonchev–Trinajstić information content (AvgIpc) is 3.00. The molecule has 0 N–H and O–H groups in total. The number of esters is 3. The van der Waals surface area contributed by atoms with Crippen molar-refractivity contribution >= 4 is 50.9 Å². The smallest absolute Gasteiger partial charge is 0.338 e. The lowest BCUT2D eigenvalue weighted by atomic mass is 10.0. The summed E-state index contributed by atoms with van der Waals surface area (Å²) in [5, 5.41) is 31.8. The molecule has 0 radical (unpaired) electrons. The summed E-state index contributed by atoms with van der Waals surface area (Å²) in [5.74, 6) is -2.95. The Morgan fingerprint density at radius 3 is 1.28 bits per heavy atom. The number of nitro benzene ring substituents is 3. The van der Waals surface area contributed by atoms with Gasteiger partial charge in [0.1, 0.15) is 0 Å². The van der Waals surface area contributed by atoms with E-state index in [-0.39, 0.29) is 40.4 Å². The standard InChI is InChI=1S/C26H18BrN3O13/c27-23-22(43-26(33)16-5-11-19(12-6-16)30(38)39)21(42-25(32)15-3-9-18(10-4-15)29(36)37)20(13-40-23)41-24(31)14-1-7-17(8-2-14)28(34)35/h1-12,20-23H,13H2. The van der Waals surface area contributed by atoms with Crippen LogP contribution in [0.2, 0.25) is 0 Å². The van der Waals surface area contributed by atoms with Crippen molar-refractivity contribution in [3.8, 4) is 0 Å². The van der Waals surface area contributed by atoms with E-state index < -0.39 is 56.0 Å². The number of carbonyl (C=O) groups excluding carboxylic acids is 3. The molecule has 0 aliphatic carbocycles. The molecule has 1 heterocycles. The van der Waals surface area contributed by atoms with Crippen LogP contribution in [0.3, 0.4) is 0 Å². The molecule has 16 nitrogen and oxygen atoms in total. The topological polar surface area (TPSA) is 218 Å². The van der Waals surface area contributed by atoms with Crippen molar-refractivity contribution < 1.29 is 48.1 Å². The Morgan fingerprint density at radius 1 is 0.605 bits per heavy atom. The number of non-ortho nitro benzene ring substituents is 3. The lowest BCUT2D eigenvalue weighted by Gasteiger charge is -2.38. The molecule has 1 aliphatic heterocycles. The van der Waals surface area contributed by atoms with Crippen molar-refractivity contribution in [3.63, 3.8) is 0 Å². The van der Waals surface area contributed by atoms with Gasteiger partial charge in [-0.3, -0.25) is 30.3 Å². The first kappa shape index (κ1) is 30.7. The zero-order chi connectivity index (χ0) is 31.3. The number of nitro groups is 3. The number of hydrogen-bond acceptors (Lipinski definition) is 13. The molecule has 0 aromatic heterocycles. The molecule has 1 saturated heterocycles. The Morgan fingerprint density at radius 2 is 0.930 bits per heavy atom. The van der Waals surface area contributed by atoms with Crippen LogP contribution in [-0.4, -0.2) is 62.6 Å². The molecule has 4 unspecified atom stereocenters. The van der Waals surface area contributed by atoms with E-state index in [1.165, 1.54) is 0 Å². The van der Waals surface area contributed by atoms with Crippen LogP contribution in [0.1, 0.15) is 31.1 Å². The highest BCUT2D eigenvalue weighted by Gasteiger charge is 2.47. The summed E-state index contributed by atoms with van der Waals surface area (Å²) in [6, 6.07) is 13.4. The molecular weight excluding hydrogens is 642 g/mol. The lowest BCUT2D eigenvalue weighted by Crippen LogP contribution is -2.56. The first-order valence-corrected chi connectivity index (χ1v) is 13.0. The van der Waals surface area contributed by atoms with Gasteiger partial charge in [0, 0.05) is 36.4 Å². The number of halogens is 1. The van der Waals surface area contributed by atoms with E-state index in [0.717, 1.165) is 72.8 Å². The fourth-order valence-corrected chi connectivity index (χ4v) is 4.41. The van der Waals surface area contributed by atoms with Crippen LogP contribution in [-0.2, 0) is 18.9 Å². The highest BCUT2D eigenvalue weighted by molar-refractivity contribution is 9.09. The Balaban J connectivity index is 1.60. The van der Waals surface area contributed by atoms with Crippen molar-refractivity contribution in [1.29, 1.82) is 0 Å². The molecule has 3 aromatic rings. The van der Waals surface area contributed by atoms with E-state index in [2.05, 4.69) is 15.9 Å². The molecule has 4 atom stereocenters. The molecule has 0 saturated carbocycles. The van der Waals surface area contributed by atoms with Gasteiger partial charge in [0.15, 0.2) is 23.3 Å². The van der Waals surface area contributed by atoms with Crippen LogP contribution in [0.25, 0.3) is 0 Å². The summed E-state index contributed by atoms with van der Waals surface area (Å²) in [6.45, 7) is -0.349. The third-order valence-electron chi connectivity index (χ3n) is 6.05. The maximum absolute atomic E-state index is 13.0. The van der Waals surface area contributed by atoms with Crippen LogP contribution in [0.5, 0.6) is 0 Å². The quantitative estimate of drug-likeness (QED) is 0.104. The first-order valence-electron chi connectivity index (χ1n) is 12.1. The number of ether oxygens (including phenoxy) is 4. The Bertz CT molecular complexity index is 1560. The molecule has 1 fully saturated rings. The number of nitrogens with zero attached hydrogens (tertiary/aromatic N) is 3. The van der Waals surface area contributed by atoms with Gasteiger partial charge in [-0.25, -0.2) is 14.4 Å². The number of benzene rings is 3. The minimum atomic E-state index is -1.50.